The van der Waals surface area contributed by atoms with Crippen LogP contribution in [0.25, 0.3) is 10.9 Å². The summed E-state index contributed by atoms with van der Waals surface area (Å²) in [6.45, 7) is 3.17. The maximum atomic E-state index is 12.5. The van der Waals surface area contributed by atoms with Crippen molar-refractivity contribution < 1.29 is 14.1 Å². The third-order valence-corrected chi connectivity index (χ3v) is 5.31. The Morgan fingerprint density at radius 2 is 2.07 bits per heavy atom. The second-order valence-electron chi connectivity index (χ2n) is 7.08. The van der Waals surface area contributed by atoms with Gasteiger partial charge < -0.3 is 19.3 Å². The quantitative estimate of drug-likeness (QED) is 0.720. The van der Waals surface area contributed by atoms with E-state index in [1.807, 2.05) is 30.1 Å². The molecule has 1 aliphatic rings. The molecule has 1 fully saturated rings. The molecule has 1 aromatic carbocycles. The number of carbonyl (C=O) groups excluding carboxylic acids is 2. The Bertz CT molecular complexity index is 996. The summed E-state index contributed by atoms with van der Waals surface area (Å²) in [5.41, 5.74) is 3.57. The number of aromatic nitrogens is 2. The van der Waals surface area contributed by atoms with Gasteiger partial charge in [0.25, 0.3) is 5.91 Å². The zero-order chi connectivity index (χ0) is 19.0. The number of carbonyl (C=O) groups is 2. The molecule has 0 radical (unpaired) electrons. The van der Waals surface area contributed by atoms with Gasteiger partial charge in [0.15, 0.2) is 5.69 Å². The number of aryl methyl sites for hydroxylation is 2. The molecule has 1 aliphatic heterocycles. The Balaban J connectivity index is 1.53. The highest BCUT2D eigenvalue weighted by Crippen LogP contribution is 2.35. The minimum Gasteiger partial charge on any atom is -0.361 e. The van der Waals surface area contributed by atoms with E-state index in [0.717, 1.165) is 29.4 Å². The van der Waals surface area contributed by atoms with Crippen molar-refractivity contribution in [2.45, 2.75) is 25.7 Å². The van der Waals surface area contributed by atoms with Gasteiger partial charge in [0, 0.05) is 49.0 Å². The van der Waals surface area contributed by atoms with Crippen LogP contribution in [0.3, 0.4) is 0 Å². The predicted octanol–water partition coefficient (Wildman–Crippen LogP) is 3.06. The fourth-order valence-electron chi connectivity index (χ4n) is 3.93. The van der Waals surface area contributed by atoms with Gasteiger partial charge in [-0.3, -0.25) is 9.59 Å². The molecule has 140 valence electrons. The molecule has 3 heterocycles. The summed E-state index contributed by atoms with van der Waals surface area (Å²) in [5.74, 6) is 0.952. The van der Waals surface area contributed by atoms with Crippen LogP contribution in [0.5, 0.6) is 0 Å². The standard InChI is InChI=1S/C20H22N4O3/c1-13-9-18(22-27-13)20(26)24-7-5-14(6-8-24)17-11-23(2)19-4-3-15(21-12-25)10-16(17)19/h3-4,9-12,14H,5-8H2,1-2H3,(H,21,25). The lowest BCUT2D eigenvalue weighted by molar-refractivity contribution is -0.105. The van der Waals surface area contributed by atoms with Crippen LogP contribution in [0.2, 0.25) is 0 Å². The highest BCUT2D eigenvalue weighted by molar-refractivity contribution is 5.92. The van der Waals surface area contributed by atoms with Gasteiger partial charge in [-0.05, 0) is 49.4 Å². The Labute approximate surface area is 156 Å². The van der Waals surface area contributed by atoms with Crippen molar-refractivity contribution in [1.29, 1.82) is 0 Å². The average Bonchev–Trinajstić information content (AvgIpc) is 3.25. The first kappa shape index (κ1) is 17.3. The zero-order valence-electron chi connectivity index (χ0n) is 15.4. The van der Waals surface area contributed by atoms with Crippen molar-refractivity contribution in [2.24, 2.45) is 7.05 Å². The van der Waals surface area contributed by atoms with Gasteiger partial charge in [0.05, 0.1) is 0 Å². The lowest BCUT2D eigenvalue weighted by Gasteiger charge is -2.31. The van der Waals surface area contributed by atoms with Crippen molar-refractivity contribution in [2.75, 3.05) is 18.4 Å². The highest BCUT2D eigenvalue weighted by Gasteiger charge is 2.27. The number of hydrogen-bond acceptors (Lipinski definition) is 4. The Morgan fingerprint density at radius 1 is 1.30 bits per heavy atom. The number of anilines is 1. The molecule has 2 aromatic heterocycles. The van der Waals surface area contributed by atoms with Crippen molar-refractivity contribution in [1.82, 2.24) is 14.6 Å². The molecule has 7 heteroatoms. The topological polar surface area (TPSA) is 80.4 Å². The van der Waals surface area contributed by atoms with E-state index in [2.05, 4.69) is 21.2 Å². The largest absolute Gasteiger partial charge is 0.361 e. The summed E-state index contributed by atoms with van der Waals surface area (Å²) in [6, 6.07) is 7.63. The van der Waals surface area contributed by atoms with E-state index in [0.29, 0.717) is 36.9 Å². The van der Waals surface area contributed by atoms with E-state index in [9.17, 15) is 9.59 Å². The fourth-order valence-corrected chi connectivity index (χ4v) is 3.93. The summed E-state index contributed by atoms with van der Waals surface area (Å²) in [7, 11) is 2.03. The highest BCUT2D eigenvalue weighted by atomic mass is 16.5. The first-order valence-electron chi connectivity index (χ1n) is 9.08. The van der Waals surface area contributed by atoms with Crippen LogP contribution >= 0.6 is 0 Å². The lowest BCUT2D eigenvalue weighted by atomic mass is 9.89. The molecule has 2 amide bonds. The zero-order valence-corrected chi connectivity index (χ0v) is 15.4. The number of likely N-dealkylation sites (tertiary alicyclic amines) is 1. The molecule has 27 heavy (non-hydrogen) atoms. The van der Waals surface area contributed by atoms with E-state index in [1.165, 1.54) is 5.56 Å². The Kier molecular flexibility index (Phi) is 4.43. The normalized spacial score (nSPS) is 15.3. The van der Waals surface area contributed by atoms with Gasteiger partial charge in [-0.1, -0.05) is 5.16 Å². The van der Waals surface area contributed by atoms with Crippen LogP contribution in [0.15, 0.2) is 35.0 Å². The third-order valence-electron chi connectivity index (χ3n) is 5.31. The fraction of sp³-hybridized carbons (Fsp3) is 0.350. The van der Waals surface area contributed by atoms with Crippen LogP contribution in [0.4, 0.5) is 5.69 Å². The van der Waals surface area contributed by atoms with E-state index >= 15 is 0 Å². The van der Waals surface area contributed by atoms with Crippen molar-refractivity contribution in [3.05, 3.63) is 47.5 Å². The number of nitrogens with zero attached hydrogens (tertiary/aromatic N) is 3. The van der Waals surface area contributed by atoms with Gasteiger partial charge in [0.2, 0.25) is 6.41 Å². The van der Waals surface area contributed by atoms with E-state index in [-0.39, 0.29) is 5.91 Å². The van der Waals surface area contributed by atoms with Crippen LogP contribution in [-0.2, 0) is 11.8 Å². The number of piperidine rings is 1. The van der Waals surface area contributed by atoms with E-state index < -0.39 is 0 Å². The molecule has 0 unspecified atom stereocenters. The van der Waals surface area contributed by atoms with Gasteiger partial charge in [-0.25, -0.2) is 0 Å². The van der Waals surface area contributed by atoms with Gasteiger partial charge in [-0.15, -0.1) is 0 Å². The van der Waals surface area contributed by atoms with Crippen LogP contribution in [-0.4, -0.2) is 40.0 Å². The molecular formula is C20H22N4O3. The van der Waals surface area contributed by atoms with Crippen LogP contribution in [0.1, 0.15) is 40.6 Å². The van der Waals surface area contributed by atoms with Crippen molar-refractivity contribution in [3.8, 4) is 0 Å². The minimum atomic E-state index is -0.0688. The molecule has 1 N–H and O–H groups in total. The monoisotopic (exact) mass is 366 g/mol. The van der Waals surface area contributed by atoms with Crippen LogP contribution in [0, 0.1) is 6.92 Å². The van der Waals surface area contributed by atoms with Crippen molar-refractivity contribution >= 4 is 28.9 Å². The SMILES string of the molecule is Cc1cc(C(=O)N2CCC(c3cn(C)c4ccc(NC=O)cc34)CC2)no1. The number of fused-ring (bicyclic) bond motifs is 1. The van der Waals surface area contributed by atoms with Crippen molar-refractivity contribution in [3.63, 3.8) is 0 Å². The molecule has 0 bridgehead atoms. The summed E-state index contributed by atoms with van der Waals surface area (Å²) < 4.78 is 7.13. The molecule has 0 saturated carbocycles. The Hall–Kier alpha value is -3.09. The molecule has 7 nitrogen and oxygen atoms in total. The van der Waals surface area contributed by atoms with Gasteiger partial charge in [0.1, 0.15) is 5.76 Å². The van der Waals surface area contributed by atoms with E-state index in [4.69, 9.17) is 4.52 Å². The van der Waals surface area contributed by atoms with Crippen LogP contribution < -0.4 is 5.32 Å². The number of nitrogens with one attached hydrogen (secondary N) is 1. The number of amides is 2. The molecule has 3 aromatic rings. The maximum absolute atomic E-state index is 12.5. The first-order chi connectivity index (χ1) is 13.1. The smallest absolute Gasteiger partial charge is 0.276 e. The predicted molar refractivity (Wildman–Crippen MR) is 102 cm³/mol. The number of benzene rings is 1. The van der Waals surface area contributed by atoms with Gasteiger partial charge >= 0.3 is 0 Å². The Morgan fingerprint density at radius 3 is 2.74 bits per heavy atom. The molecule has 0 spiro atoms. The molecule has 0 aliphatic carbocycles. The molecule has 1 saturated heterocycles. The average molecular weight is 366 g/mol. The number of rotatable bonds is 4. The summed E-state index contributed by atoms with van der Waals surface area (Å²) in [6.07, 6.45) is 4.65. The lowest BCUT2D eigenvalue weighted by Crippen LogP contribution is -2.38. The summed E-state index contributed by atoms with van der Waals surface area (Å²) in [4.78, 5) is 25.1. The van der Waals surface area contributed by atoms with Gasteiger partial charge in [-0.2, -0.15) is 0 Å². The summed E-state index contributed by atoms with van der Waals surface area (Å²) >= 11 is 0. The minimum absolute atomic E-state index is 0.0688. The number of hydrogen-bond donors (Lipinski definition) is 1. The second-order valence-corrected chi connectivity index (χ2v) is 7.08. The maximum Gasteiger partial charge on any atom is 0.276 e. The first-order valence-corrected chi connectivity index (χ1v) is 9.08. The second kappa shape index (κ2) is 6.90. The molecule has 4 rings (SSSR count). The molecule has 0 atom stereocenters. The van der Waals surface area contributed by atoms with E-state index in [1.54, 1.807) is 13.0 Å². The third kappa shape index (κ3) is 3.20. The summed E-state index contributed by atoms with van der Waals surface area (Å²) in [5, 5.41) is 7.71. The molecular weight excluding hydrogens is 344 g/mol.